The van der Waals surface area contributed by atoms with E-state index in [1.165, 1.54) is 11.5 Å². The summed E-state index contributed by atoms with van der Waals surface area (Å²) in [6.45, 7) is 5.66. The first-order chi connectivity index (χ1) is 9.70. The van der Waals surface area contributed by atoms with Gasteiger partial charge >= 0.3 is 0 Å². The molecule has 2 N–H and O–H groups in total. The highest BCUT2D eigenvalue weighted by Crippen LogP contribution is 2.23. The lowest BCUT2D eigenvalue weighted by Gasteiger charge is -2.21. The van der Waals surface area contributed by atoms with E-state index < -0.39 is 0 Å². The van der Waals surface area contributed by atoms with Gasteiger partial charge in [0, 0.05) is 41.3 Å². The van der Waals surface area contributed by atoms with Crippen molar-refractivity contribution in [3.05, 3.63) is 29.3 Å². The van der Waals surface area contributed by atoms with Crippen molar-refractivity contribution in [2.45, 2.75) is 19.1 Å². The Balaban J connectivity index is 1.97. The third-order valence-electron chi connectivity index (χ3n) is 3.16. The lowest BCUT2D eigenvalue weighted by molar-refractivity contribution is 0.0955. The molecular weight excluding hydrogens is 288 g/mol. The number of thioether (sulfide) groups is 2. The molecule has 2 rings (SSSR count). The molecule has 0 aliphatic carbocycles. The average molecular weight is 310 g/mol. The smallest absolute Gasteiger partial charge is 0.253 e. The molecule has 1 fully saturated rings. The van der Waals surface area contributed by atoms with Crippen LogP contribution in [0.25, 0.3) is 0 Å². The van der Waals surface area contributed by atoms with Crippen LogP contribution in [0.1, 0.15) is 22.8 Å². The van der Waals surface area contributed by atoms with E-state index in [-0.39, 0.29) is 5.91 Å². The molecule has 1 unspecified atom stereocenters. The molecule has 110 valence electrons. The van der Waals surface area contributed by atoms with E-state index in [0.717, 1.165) is 35.7 Å². The van der Waals surface area contributed by atoms with Gasteiger partial charge in [0.25, 0.3) is 5.91 Å². The molecule has 0 bridgehead atoms. The Morgan fingerprint density at radius 2 is 2.25 bits per heavy atom. The molecule has 1 heterocycles. The summed E-state index contributed by atoms with van der Waals surface area (Å²) >= 11 is 3.95. The third-order valence-corrected chi connectivity index (χ3v) is 6.01. The maximum absolute atomic E-state index is 12.3. The Hall–Kier alpha value is -0.810. The summed E-state index contributed by atoms with van der Waals surface area (Å²) in [6.07, 6.45) is 0. The molecule has 3 nitrogen and oxygen atoms in total. The molecule has 0 saturated carbocycles. The molecule has 1 aromatic carbocycles. The van der Waals surface area contributed by atoms with Crippen LogP contribution in [0.2, 0.25) is 0 Å². The summed E-state index contributed by atoms with van der Waals surface area (Å²) in [4.78, 5) is 12.3. The highest BCUT2D eigenvalue weighted by atomic mass is 32.2. The van der Waals surface area contributed by atoms with Gasteiger partial charge in [0.15, 0.2) is 0 Å². The quantitative estimate of drug-likeness (QED) is 0.877. The van der Waals surface area contributed by atoms with Gasteiger partial charge in [0.05, 0.1) is 5.56 Å². The van der Waals surface area contributed by atoms with Crippen molar-refractivity contribution in [1.29, 1.82) is 0 Å². The van der Waals surface area contributed by atoms with Gasteiger partial charge in [-0.15, -0.1) is 0 Å². The standard InChI is InChI=1S/C15H22N2OS2/c1-3-16-14-8-11(2)4-5-13(14)15(18)17-9-12-10-19-6-7-20-12/h4-5,8,12,16H,3,6-7,9-10H2,1-2H3,(H,17,18). The van der Waals surface area contributed by atoms with Gasteiger partial charge < -0.3 is 10.6 Å². The fourth-order valence-electron chi connectivity index (χ4n) is 2.15. The van der Waals surface area contributed by atoms with Crippen molar-refractivity contribution in [2.75, 3.05) is 35.7 Å². The molecule has 1 saturated heterocycles. The molecule has 5 heteroatoms. The van der Waals surface area contributed by atoms with Crippen LogP contribution in [0, 0.1) is 6.92 Å². The largest absolute Gasteiger partial charge is 0.385 e. The number of benzene rings is 1. The topological polar surface area (TPSA) is 41.1 Å². The van der Waals surface area contributed by atoms with Crippen molar-refractivity contribution in [3.63, 3.8) is 0 Å². The molecule has 1 aliphatic rings. The number of hydrogen-bond donors (Lipinski definition) is 2. The van der Waals surface area contributed by atoms with Crippen molar-refractivity contribution >= 4 is 35.1 Å². The predicted molar refractivity (Wildman–Crippen MR) is 91.2 cm³/mol. The number of hydrogen-bond acceptors (Lipinski definition) is 4. The molecule has 0 aromatic heterocycles. The SMILES string of the molecule is CCNc1cc(C)ccc1C(=O)NCC1CSCCS1. The summed E-state index contributed by atoms with van der Waals surface area (Å²) in [5, 5.41) is 6.89. The first-order valence-electron chi connectivity index (χ1n) is 7.02. The maximum Gasteiger partial charge on any atom is 0.253 e. The number of rotatable bonds is 5. The minimum atomic E-state index is 0.0251. The van der Waals surface area contributed by atoms with E-state index in [9.17, 15) is 4.79 Å². The second kappa shape index (κ2) is 7.84. The van der Waals surface area contributed by atoms with Crippen LogP contribution < -0.4 is 10.6 Å². The van der Waals surface area contributed by atoms with E-state index >= 15 is 0 Å². The van der Waals surface area contributed by atoms with Gasteiger partial charge in [-0.2, -0.15) is 23.5 Å². The molecule has 1 aliphatic heterocycles. The molecule has 0 spiro atoms. The van der Waals surface area contributed by atoms with E-state index in [1.54, 1.807) is 0 Å². The fourth-order valence-corrected chi connectivity index (χ4v) is 4.76. The number of amides is 1. The molecule has 1 atom stereocenters. The number of carbonyl (C=O) groups excluding carboxylic acids is 1. The van der Waals surface area contributed by atoms with E-state index in [0.29, 0.717) is 5.25 Å². The fraction of sp³-hybridized carbons (Fsp3) is 0.533. The zero-order chi connectivity index (χ0) is 14.4. The van der Waals surface area contributed by atoms with Gasteiger partial charge in [-0.25, -0.2) is 0 Å². The molecule has 1 aromatic rings. The monoisotopic (exact) mass is 310 g/mol. The van der Waals surface area contributed by atoms with Crippen molar-refractivity contribution in [2.24, 2.45) is 0 Å². The first-order valence-corrected chi connectivity index (χ1v) is 9.23. The number of anilines is 1. The van der Waals surface area contributed by atoms with E-state index in [1.807, 2.05) is 55.6 Å². The Bertz CT molecular complexity index is 459. The minimum absolute atomic E-state index is 0.0251. The molecule has 0 radical (unpaired) electrons. The number of nitrogens with one attached hydrogen (secondary N) is 2. The van der Waals surface area contributed by atoms with Crippen LogP contribution in [0.3, 0.4) is 0 Å². The summed E-state index contributed by atoms with van der Waals surface area (Å²) in [5.41, 5.74) is 2.83. The molecule has 20 heavy (non-hydrogen) atoms. The lowest BCUT2D eigenvalue weighted by atomic mass is 10.1. The van der Waals surface area contributed by atoms with Crippen LogP contribution in [0.15, 0.2) is 18.2 Å². The zero-order valence-electron chi connectivity index (χ0n) is 12.1. The lowest BCUT2D eigenvalue weighted by Crippen LogP contribution is -2.33. The van der Waals surface area contributed by atoms with Gasteiger partial charge in [-0.05, 0) is 31.5 Å². The first kappa shape index (κ1) is 15.6. The Morgan fingerprint density at radius 3 is 2.95 bits per heavy atom. The van der Waals surface area contributed by atoms with E-state index in [4.69, 9.17) is 0 Å². The van der Waals surface area contributed by atoms with Crippen LogP contribution in [-0.2, 0) is 0 Å². The average Bonchev–Trinajstić information content (AvgIpc) is 2.46. The molecular formula is C15H22N2OS2. The Kier molecular flexibility index (Phi) is 6.10. The summed E-state index contributed by atoms with van der Waals surface area (Å²) in [7, 11) is 0. The predicted octanol–water partition coefficient (Wildman–Crippen LogP) is 3.01. The van der Waals surface area contributed by atoms with Gasteiger partial charge in [-0.3, -0.25) is 4.79 Å². The van der Waals surface area contributed by atoms with Gasteiger partial charge in [0.1, 0.15) is 0 Å². The van der Waals surface area contributed by atoms with Gasteiger partial charge in [0.2, 0.25) is 0 Å². The van der Waals surface area contributed by atoms with Crippen molar-refractivity contribution in [1.82, 2.24) is 5.32 Å². The third kappa shape index (κ3) is 4.35. The highest BCUT2D eigenvalue weighted by molar-refractivity contribution is 8.06. The maximum atomic E-state index is 12.3. The zero-order valence-corrected chi connectivity index (χ0v) is 13.7. The van der Waals surface area contributed by atoms with Crippen LogP contribution >= 0.6 is 23.5 Å². The molecule has 1 amide bonds. The normalized spacial score (nSPS) is 18.6. The second-order valence-corrected chi connectivity index (χ2v) is 7.42. The van der Waals surface area contributed by atoms with Crippen LogP contribution in [0.4, 0.5) is 5.69 Å². The van der Waals surface area contributed by atoms with E-state index in [2.05, 4.69) is 10.6 Å². The van der Waals surface area contributed by atoms with Gasteiger partial charge in [-0.1, -0.05) is 6.07 Å². The Labute approximate surface area is 129 Å². The second-order valence-electron chi connectivity index (χ2n) is 4.86. The minimum Gasteiger partial charge on any atom is -0.385 e. The van der Waals surface area contributed by atoms with Crippen molar-refractivity contribution in [3.8, 4) is 0 Å². The highest BCUT2D eigenvalue weighted by Gasteiger charge is 2.17. The summed E-state index contributed by atoms with van der Waals surface area (Å²) in [5.74, 6) is 3.59. The Morgan fingerprint density at radius 1 is 1.40 bits per heavy atom. The number of aryl methyl sites for hydroxylation is 1. The van der Waals surface area contributed by atoms with Crippen LogP contribution in [-0.4, -0.2) is 41.5 Å². The van der Waals surface area contributed by atoms with Crippen molar-refractivity contribution < 1.29 is 4.79 Å². The summed E-state index contributed by atoms with van der Waals surface area (Å²) < 4.78 is 0. The summed E-state index contributed by atoms with van der Waals surface area (Å²) in [6, 6.07) is 5.93. The van der Waals surface area contributed by atoms with Crippen LogP contribution in [0.5, 0.6) is 0 Å². The number of carbonyl (C=O) groups is 1.